The molecule has 3 nitrogen and oxygen atoms in total. The molecule has 1 aliphatic carbocycles. The van der Waals surface area contributed by atoms with Gasteiger partial charge in [-0.25, -0.2) is 0 Å². The van der Waals surface area contributed by atoms with Crippen LogP contribution in [0.15, 0.2) is 12.4 Å². The van der Waals surface area contributed by atoms with Gasteiger partial charge in [0, 0.05) is 6.04 Å². The largest absolute Gasteiger partial charge is 0.366 e. The summed E-state index contributed by atoms with van der Waals surface area (Å²) in [7, 11) is 0. The predicted molar refractivity (Wildman–Crippen MR) is 52.3 cm³/mol. The zero-order chi connectivity index (χ0) is 10.1. The average Bonchev–Trinajstić information content (AvgIpc) is 2.17. The van der Waals surface area contributed by atoms with Gasteiger partial charge >= 0.3 is 0 Å². The first-order valence-corrected chi connectivity index (χ1v) is 4.91. The Morgan fingerprint density at radius 2 is 2.21 bits per heavy atom. The summed E-state index contributed by atoms with van der Waals surface area (Å²) in [5.74, 6) is 1.37. The fourth-order valence-corrected chi connectivity index (χ4v) is 1.82. The third-order valence-electron chi connectivity index (χ3n) is 3.10. The van der Waals surface area contributed by atoms with Crippen molar-refractivity contribution in [1.82, 2.24) is 9.97 Å². The molecule has 1 aliphatic rings. The van der Waals surface area contributed by atoms with E-state index in [1.165, 1.54) is 0 Å². The molecule has 1 saturated carbocycles. The number of halogens is 1. The van der Waals surface area contributed by atoms with Gasteiger partial charge in [-0.2, -0.15) is 9.37 Å². The maximum Gasteiger partial charge on any atom is 0.233 e. The summed E-state index contributed by atoms with van der Waals surface area (Å²) >= 11 is 0. The van der Waals surface area contributed by atoms with Crippen molar-refractivity contribution >= 4 is 5.82 Å². The molecule has 1 aromatic heterocycles. The molecule has 4 heteroatoms. The highest BCUT2D eigenvalue weighted by Gasteiger charge is 2.34. The van der Waals surface area contributed by atoms with Crippen molar-refractivity contribution in [2.45, 2.75) is 26.3 Å². The van der Waals surface area contributed by atoms with Crippen LogP contribution in [-0.2, 0) is 0 Å². The standard InChI is InChI=1S/C10H14FN3/c1-6-3-8(7(6)2)13-10-5-12-4-9(11)14-10/h4-8H,3H2,1-2H3,(H,13,14). The van der Waals surface area contributed by atoms with E-state index in [0.29, 0.717) is 17.8 Å². The van der Waals surface area contributed by atoms with Gasteiger partial charge in [-0.3, -0.25) is 4.98 Å². The molecule has 76 valence electrons. The van der Waals surface area contributed by atoms with Crippen LogP contribution in [0.4, 0.5) is 10.2 Å². The van der Waals surface area contributed by atoms with Crippen molar-refractivity contribution in [3.8, 4) is 0 Å². The van der Waals surface area contributed by atoms with Gasteiger partial charge in [0.2, 0.25) is 5.95 Å². The minimum Gasteiger partial charge on any atom is -0.366 e. The van der Waals surface area contributed by atoms with Crippen LogP contribution in [0, 0.1) is 17.8 Å². The molecule has 1 aromatic rings. The lowest BCUT2D eigenvalue weighted by Crippen LogP contribution is -2.43. The fourth-order valence-electron chi connectivity index (χ4n) is 1.82. The highest BCUT2D eigenvalue weighted by molar-refractivity contribution is 5.33. The number of anilines is 1. The normalized spacial score (nSPS) is 30.9. The van der Waals surface area contributed by atoms with E-state index in [-0.39, 0.29) is 0 Å². The molecular formula is C10H14FN3. The van der Waals surface area contributed by atoms with E-state index in [9.17, 15) is 4.39 Å². The zero-order valence-electron chi connectivity index (χ0n) is 8.37. The van der Waals surface area contributed by atoms with Crippen LogP contribution in [0.1, 0.15) is 20.3 Å². The van der Waals surface area contributed by atoms with Crippen LogP contribution in [0.5, 0.6) is 0 Å². The van der Waals surface area contributed by atoms with Gasteiger partial charge in [-0.05, 0) is 18.3 Å². The molecule has 14 heavy (non-hydrogen) atoms. The second kappa shape index (κ2) is 3.52. The number of hydrogen-bond acceptors (Lipinski definition) is 3. The van der Waals surface area contributed by atoms with Crippen molar-refractivity contribution in [3.63, 3.8) is 0 Å². The molecule has 0 aliphatic heterocycles. The molecule has 1 N–H and O–H groups in total. The molecule has 0 radical (unpaired) electrons. The van der Waals surface area contributed by atoms with Crippen molar-refractivity contribution < 1.29 is 4.39 Å². The van der Waals surface area contributed by atoms with E-state index < -0.39 is 5.95 Å². The van der Waals surface area contributed by atoms with Crippen molar-refractivity contribution in [2.75, 3.05) is 5.32 Å². The lowest BCUT2D eigenvalue weighted by Gasteiger charge is -2.41. The molecule has 0 bridgehead atoms. The van der Waals surface area contributed by atoms with Crippen LogP contribution < -0.4 is 5.32 Å². The van der Waals surface area contributed by atoms with Gasteiger partial charge in [-0.1, -0.05) is 13.8 Å². The Labute approximate surface area is 82.8 Å². The lowest BCUT2D eigenvalue weighted by molar-refractivity contribution is 0.188. The van der Waals surface area contributed by atoms with Crippen LogP contribution >= 0.6 is 0 Å². The molecule has 1 fully saturated rings. The Hall–Kier alpha value is -1.19. The molecule has 3 atom stereocenters. The van der Waals surface area contributed by atoms with E-state index in [1.54, 1.807) is 6.20 Å². The maximum atomic E-state index is 12.7. The molecule has 0 saturated heterocycles. The predicted octanol–water partition coefficient (Wildman–Crippen LogP) is 2.07. The number of nitrogens with one attached hydrogen (secondary N) is 1. The molecule has 0 aromatic carbocycles. The van der Waals surface area contributed by atoms with Gasteiger partial charge < -0.3 is 5.32 Å². The summed E-state index contributed by atoms with van der Waals surface area (Å²) in [5.41, 5.74) is 0. The third kappa shape index (κ3) is 1.69. The lowest BCUT2D eigenvalue weighted by atomic mass is 9.71. The Morgan fingerprint density at radius 1 is 1.43 bits per heavy atom. The van der Waals surface area contributed by atoms with Crippen LogP contribution in [0.3, 0.4) is 0 Å². The van der Waals surface area contributed by atoms with E-state index in [4.69, 9.17) is 0 Å². The van der Waals surface area contributed by atoms with E-state index >= 15 is 0 Å². The van der Waals surface area contributed by atoms with Crippen molar-refractivity contribution in [3.05, 3.63) is 18.3 Å². The van der Waals surface area contributed by atoms with Gasteiger partial charge in [0.1, 0.15) is 5.82 Å². The van der Waals surface area contributed by atoms with E-state index in [2.05, 4.69) is 29.1 Å². The van der Waals surface area contributed by atoms with Crippen molar-refractivity contribution in [1.29, 1.82) is 0 Å². The maximum absolute atomic E-state index is 12.7. The number of hydrogen-bond donors (Lipinski definition) is 1. The molecular weight excluding hydrogens is 181 g/mol. The monoisotopic (exact) mass is 195 g/mol. The highest BCUT2D eigenvalue weighted by Crippen LogP contribution is 2.35. The first kappa shape index (κ1) is 9.37. The van der Waals surface area contributed by atoms with Gasteiger partial charge in [0.15, 0.2) is 0 Å². The summed E-state index contributed by atoms with van der Waals surface area (Å²) in [6, 6.07) is 0.418. The Balaban J connectivity index is 1.98. The summed E-state index contributed by atoms with van der Waals surface area (Å²) in [4.78, 5) is 7.45. The first-order valence-electron chi connectivity index (χ1n) is 4.91. The quantitative estimate of drug-likeness (QED) is 0.785. The summed E-state index contributed by atoms with van der Waals surface area (Å²) in [5, 5.41) is 3.19. The Morgan fingerprint density at radius 3 is 2.79 bits per heavy atom. The van der Waals surface area contributed by atoms with Gasteiger partial charge in [-0.15, -0.1) is 0 Å². The Kier molecular flexibility index (Phi) is 2.35. The molecule has 0 amide bonds. The first-order chi connectivity index (χ1) is 6.66. The third-order valence-corrected chi connectivity index (χ3v) is 3.10. The fraction of sp³-hybridized carbons (Fsp3) is 0.600. The molecule has 3 unspecified atom stereocenters. The molecule has 1 heterocycles. The van der Waals surface area contributed by atoms with Crippen LogP contribution in [0.2, 0.25) is 0 Å². The highest BCUT2D eigenvalue weighted by atomic mass is 19.1. The SMILES string of the molecule is CC1CC(Nc2cncc(F)n2)C1C. The number of rotatable bonds is 2. The number of nitrogens with zero attached hydrogens (tertiary/aromatic N) is 2. The average molecular weight is 195 g/mol. The van der Waals surface area contributed by atoms with Crippen molar-refractivity contribution in [2.24, 2.45) is 11.8 Å². The van der Waals surface area contributed by atoms with Crippen LogP contribution in [0.25, 0.3) is 0 Å². The van der Waals surface area contributed by atoms with Crippen LogP contribution in [-0.4, -0.2) is 16.0 Å². The topological polar surface area (TPSA) is 37.8 Å². The number of aromatic nitrogens is 2. The summed E-state index contributed by atoms with van der Waals surface area (Å²) < 4.78 is 12.7. The molecule has 0 spiro atoms. The van der Waals surface area contributed by atoms with E-state index in [1.807, 2.05) is 0 Å². The molecule has 2 rings (SSSR count). The van der Waals surface area contributed by atoms with Gasteiger partial charge in [0.25, 0.3) is 0 Å². The minimum absolute atomic E-state index is 0.418. The van der Waals surface area contributed by atoms with Gasteiger partial charge in [0.05, 0.1) is 12.4 Å². The zero-order valence-corrected chi connectivity index (χ0v) is 8.37. The Bertz CT molecular complexity index is 329. The summed E-state index contributed by atoms with van der Waals surface area (Å²) in [6.07, 6.45) is 3.79. The van der Waals surface area contributed by atoms with E-state index in [0.717, 1.165) is 18.5 Å². The second-order valence-corrected chi connectivity index (χ2v) is 4.05. The second-order valence-electron chi connectivity index (χ2n) is 4.05. The summed E-state index contributed by atoms with van der Waals surface area (Å²) in [6.45, 7) is 4.42. The minimum atomic E-state index is -0.532. The smallest absolute Gasteiger partial charge is 0.233 e.